The van der Waals surface area contributed by atoms with Gasteiger partial charge >= 0.3 is 5.97 Å². The summed E-state index contributed by atoms with van der Waals surface area (Å²) >= 11 is 0. The molecule has 3 heteroatoms. The van der Waals surface area contributed by atoms with Crippen LogP contribution in [0.3, 0.4) is 0 Å². The molecule has 0 bridgehead atoms. The maximum absolute atomic E-state index is 11.2. The normalized spacial score (nSPS) is 12.7. The molecule has 0 saturated carbocycles. The smallest absolute Gasteiger partial charge is 0.325 e. The lowest BCUT2D eigenvalue weighted by Crippen LogP contribution is -2.31. The first-order valence-corrected chi connectivity index (χ1v) is 5.14. The van der Waals surface area contributed by atoms with E-state index in [9.17, 15) is 9.90 Å². The Balaban J connectivity index is 2.88. The second kappa shape index (κ2) is 5.51. The Morgan fingerprint density at radius 3 is 2.47 bits per heavy atom. The number of aliphatic carboxylic acids is 1. The summed E-state index contributed by atoms with van der Waals surface area (Å²) in [6, 6.07) is 8.79. The number of rotatable bonds is 5. The van der Waals surface area contributed by atoms with Crippen molar-refractivity contribution in [3.8, 4) is 0 Å². The van der Waals surface area contributed by atoms with Gasteiger partial charge in [-0.2, -0.15) is 0 Å². The van der Waals surface area contributed by atoms with E-state index in [-0.39, 0.29) is 0 Å². The predicted molar refractivity (Wildman–Crippen MR) is 59.7 cm³/mol. The molecule has 0 amide bonds. The number of likely N-dealkylation sites (N-methyl/N-ethyl adjacent to an activating group) is 1. The molecule has 0 aliphatic carbocycles. The van der Waals surface area contributed by atoms with Crippen molar-refractivity contribution < 1.29 is 9.90 Å². The average molecular weight is 207 g/mol. The molecular weight excluding hydrogens is 190 g/mol. The van der Waals surface area contributed by atoms with Crippen LogP contribution in [0.4, 0.5) is 0 Å². The zero-order valence-corrected chi connectivity index (χ0v) is 9.18. The highest BCUT2D eigenvalue weighted by atomic mass is 16.4. The van der Waals surface area contributed by atoms with Crippen LogP contribution in [-0.2, 0) is 4.79 Å². The number of hydrogen-bond donors (Lipinski definition) is 1. The summed E-state index contributed by atoms with van der Waals surface area (Å²) in [5.74, 6) is -0.794. The van der Waals surface area contributed by atoms with Gasteiger partial charge in [0.15, 0.2) is 0 Å². The van der Waals surface area contributed by atoms with Gasteiger partial charge in [0, 0.05) is 0 Å². The Labute approximate surface area is 90.3 Å². The van der Waals surface area contributed by atoms with E-state index < -0.39 is 12.0 Å². The van der Waals surface area contributed by atoms with Crippen LogP contribution in [0.2, 0.25) is 0 Å². The minimum Gasteiger partial charge on any atom is -0.480 e. The maximum Gasteiger partial charge on any atom is 0.325 e. The zero-order chi connectivity index (χ0) is 11.3. The predicted octanol–water partition coefficient (Wildman–Crippen LogP) is 2.15. The molecule has 0 aliphatic heterocycles. The topological polar surface area (TPSA) is 40.5 Å². The van der Waals surface area contributed by atoms with Gasteiger partial charge in [-0.05, 0) is 25.6 Å². The van der Waals surface area contributed by atoms with Gasteiger partial charge in [0.05, 0.1) is 0 Å². The van der Waals surface area contributed by atoms with E-state index in [0.717, 1.165) is 18.5 Å². The van der Waals surface area contributed by atoms with Crippen LogP contribution in [0.5, 0.6) is 0 Å². The van der Waals surface area contributed by atoms with Crippen LogP contribution in [0.1, 0.15) is 24.9 Å². The van der Waals surface area contributed by atoms with Crippen molar-refractivity contribution in [1.82, 2.24) is 4.90 Å². The monoisotopic (exact) mass is 207 g/mol. The Morgan fingerprint density at radius 1 is 1.40 bits per heavy atom. The standard InChI is InChI=1S/C12H17NO2/c1-3-9-13(2)11(12(14)15)10-7-5-4-6-8-10/h4-8,11H,3,9H2,1-2H3,(H,14,15). The lowest BCUT2D eigenvalue weighted by molar-refractivity contribution is -0.143. The second-order valence-electron chi connectivity index (χ2n) is 3.63. The van der Waals surface area contributed by atoms with E-state index in [2.05, 4.69) is 0 Å². The molecule has 1 atom stereocenters. The highest BCUT2D eigenvalue weighted by Crippen LogP contribution is 2.19. The fraction of sp³-hybridized carbons (Fsp3) is 0.417. The molecule has 0 radical (unpaired) electrons. The number of carbonyl (C=O) groups is 1. The van der Waals surface area contributed by atoms with Gasteiger partial charge in [-0.25, -0.2) is 0 Å². The molecule has 15 heavy (non-hydrogen) atoms. The summed E-state index contributed by atoms with van der Waals surface area (Å²) in [6.07, 6.45) is 0.952. The summed E-state index contributed by atoms with van der Waals surface area (Å²) in [6.45, 7) is 2.83. The van der Waals surface area contributed by atoms with Crippen molar-refractivity contribution in [2.45, 2.75) is 19.4 Å². The number of carboxylic acids is 1. The molecule has 0 saturated heterocycles. The molecule has 0 aliphatic rings. The van der Waals surface area contributed by atoms with E-state index in [0.29, 0.717) is 0 Å². The molecule has 1 aromatic carbocycles. The van der Waals surface area contributed by atoms with Crippen molar-refractivity contribution in [3.05, 3.63) is 35.9 Å². The van der Waals surface area contributed by atoms with Crippen molar-refractivity contribution >= 4 is 5.97 Å². The molecule has 1 N–H and O–H groups in total. The van der Waals surface area contributed by atoms with Gasteiger partial charge in [-0.1, -0.05) is 37.3 Å². The molecule has 0 fully saturated rings. The van der Waals surface area contributed by atoms with Crippen LogP contribution in [0, 0.1) is 0 Å². The van der Waals surface area contributed by atoms with Crippen molar-refractivity contribution in [3.63, 3.8) is 0 Å². The van der Waals surface area contributed by atoms with Gasteiger partial charge in [0.2, 0.25) is 0 Å². The Hall–Kier alpha value is -1.35. The number of nitrogens with zero attached hydrogens (tertiary/aromatic N) is 1. The Bertz CT molecular complexity index is 311. The summed E-state index contributed by atoms with van der Waals surface area (Å²) in [5.41, 5.74) is 0.834. The molecule has 0 heterocycles. The van der Waals surface area contributed by atoms with Gasteiger partial charge in [0.25, 0.3) is 0 Å². The fourth-order valence-corrected chi connectivity index (χ4v) is 1.70. The highest BCUT2D eigenvalue weighted by molar-refractivity contribution is 5.75. The van der Waals surface area contributed by atoms with Crippen LogP contribution in [0.25, 0.3) is 0 Å². The largest absolute Gasteiger partial charge is 0.480 e. The van der Waals surface area contributed by atoms with Crippen molar-refractivity contribution in [2.75, 3.05) is 13.6 Å². The lowest BCUT2D eigenvalue weighted by Gasteiger charge is -2.24. The molecule has 82 valence electrons. The number of carboxylic acid groups (broad SMARTS) is 1. The summed E-state index contributed by atoms with van der Waals surface area (Å²) in [4.78, 5) is 13.0. The van der Waals surface area contributed by atoms with Gasteiger partial charge < -0.3 is 5.11 Å². The van der Waals surface area contributed by atoms with Crippen LogP contribution in [0.15, 0.2) is 30.3 Å². The minimum atomic E-state index is -0.794. The molecular formula is C12H17NO2. The van der Waals surface area contributed by atoms with Crippen LogP contribution >= 0.6 is 0 Å². The Morgan fingerprint density at radius 2 is 2.00 bits per heavy atom. The Kier molecular flexibility index (Phi) is 4.31. The molecule has 1 rings (SSSR count). The highest BCUT2D eigenvalue weighted by Gasteiger charge is 2.23. The van der Waals surface area contributed by atoms with Crippen LogP contribution < -0.4 is 0 Å². The molecule has 1 aromatic rings. The minimum absolute atomic E-state index is 0.536. The molecule has 0 aromatic heterocycles. The molecule has 0 spiro atoms. The lowest BCUT2D eigenvalue weighted by atomic mass is 10.1. The third-order valence-electron chi connectivity index (χ3n) is 2.37. The second-order valence-corrected chi connectivity index (χ2v) is 3.63. The third kappa shape index (κ3) is 3.06. The van der Waals surface area contributed by atoms with E-state index in [4.69, 9.17) is 0 Å². The maximum atomic E-state index is 11.2. The first-order valence-electron chi connectivity index (χ1n) is 5.14. The van der Waals surface area contributed by atoms with E-state index in [1.807, 2.05) is 49.2 Å². The zero-order valence-electron chi connectivity index (χ0n) is 9.18. The molecule has 1 unspecified atom stereocenters. The van der Waals surface area contributed by atoms with Crippen LogP contribution in [-0.4, -0.2) is 29.6 Å². The first-order chi connectivity index (χ1) is 7.16. The van der Waals surface area contributed by atoms with E-state index in [1.165, 1.54) is 0 Å². The quantitative estimate of drug-likeness (QED) is 0.804. The first kappa shape index (κ1) is 11.7. The van der Waals surface area contributed by atoms with E-state index in [1.54, 1.807) is 0 Å². The third-order valence-corrected chi connectivity index (χ3v) is 2.37. The van der Waals surface area contributed by atoms with E-state index >= 15 is 0 Å². The number of hydrogen-bond acceptors (Lipinski definition) is 2. The van der Waals surface area contributed by atoms with Gasteiger partial charge in [-0.3, -0.25) is 9.69 Å². The summed E-state index contributed by atoms with van der Waals surface area (Å²) < 4.78 is 0. The van der Waals surface area contributed by atoms with Gasteiger partial charge in [-0.15, -0.1) is 0 Å². The summed E-state index contributed by atoms with van der Waals surface area (Å²) in [5, 5.41) is 9.18. The van der Waals surface area contributed by atoms with Crippen molar-refractivity contribution in [2.24, 2.45) is 0 Å². The summed E-state index contributed by atoms with van der Waals surface area (Å²) in [7, 11) is 1.84. The SMILES string of the molecule is CCCN(C)C(C(=O)O)c1ccccc1. The molecule has 3 nitrogen and oxygen atoms in total. The van der Waals surface area contributed by atoms with Crippen molar-refractivity contribution in [1.29, 1.82) is 0 Å². The number of benzene rings is 1. The fourth-order valence-electron chi connectivity index (χ4n) is 1.70. The van der Waals surface area contributed by atoms with Gasteiger partial charge in [0.1, 0.15) is 6.04 Å². The average Bonchev–Trinajstić information content (AvgIpc) is 2.19.